The Morgan fingerprint density at radius 1 is 1.07 bits per heavy atom. The van der Waals surface area contributed by atoms with Gasteiger partial charge >= 0.3 is 0 Å². The van der Waals surface area contributed by atoms with Gasteiger partial charge in [0.25, 0.3) is 5.91 Å². The summed E-state index contributed by atoms with van der Waals surface area (Å²) in [5.41, 5.74) is 3.33. The first-order chi connectivity index (χ1) is 14.3. The zero-order chi connectivity index (χ0) is 19.8. The number of hydrazone groups is 1. The molecule has 6 heteroatoms. The monoisotopic (exact) mass is 380 g/mol. The van der Waals surface area contributed by atoms with Crippen molar-refractivity contribution >= 4 is 17.3 Å². The van der Waals surface area contributed by atoms with Crippen LogP contribution in [0.3, 0.4) is 0 Å². The summed E-state index contributed by atoms with van der Waals surface area (Å²) in [6.07, 6.45) is 3.39. The van der Waals surface area contributed by atoms with E-state index in [9.17, 15) is 10.1 Å². The number of ether oxygens (including phenoxy) is 1. The first-order valence-corrected chi connectivity index (χ1v) is 9.31. The van der Waals surface area contributed by atoms with Crippen LogP contribution in [0.1, 0.15) is 22.6 Å². The van der Waals surface area contributed by atoms with Crippen LogP contribution in [-0.4, -0.2) is 23.2 Å². The van der Waals surface area contributed by atoms with Crippen molar-refractivity contribution in [1.29, 1.82) is 5.26 Å². The molecule has 0 radical (unpaired) electrons. The molecule has 2 aromatic carbocycles. The Morgan fingerprint density at radius 3 is 2.72 bits per heavy atom. The van der Waals surface area contributed by atoms with Crippen LogP contribution < -0.4 is 9.75 Å². The second-order valence-electron chi connectivity index (χ2n) is 6.94. The predicted octanol–water partition coefficient (Wildman–Crippen LogP) is 3.50. The third-order valence-corrected chi connectivity index (χ3v) is 5.31. The molecule has 5 rings (SSSR count). The summed E-state index contributed by atoms with van der Waals surface area (Å²) in [5.74, 6) is -0.184. The van der Waals surface area contributed by atoms with Gasteiger partial charge in [0, 0.05) is 18.0 Å². The number of rotatable bonds is 2. The van der Waals surface area contributed by atoms with Crippen LogP contribution in [0.5, 0.6) is 5.75 Å². The molecule has 140 valence electrons. The molecule has 0 N–H and O–H groups in total. The molecule has 0 saturated carbocycles. The second-order valence-corrected chi connectivity index (χ2v) is 6.94. The number of pyridine rings is 1. The number of carbonyl (C=O) groups is 1. The van der Waals surface area contributed by atoms with Gasteiger partial charge in [-0.05, 0) is 35.9 Å². The fourth-order valence-corrected chi connectivity index (χ4v) is 3.97. The minimum atomic E-state index is -0.503. The highest BCUT2D eigenvalue weighted by atomic mass is 16.5. The standard InChI is InChI=1S/C23H16N4O2/c24-12-15-6-1-3-9-19(15)27-23(28)21(16-7-5-11-25-13-16)18-14-29-20-10-4-2-8-17(20)22(18)26-27/h1-11,13,18,21H,14H2. The number of benzene rings is 2. The van der Waals surface area contributed by atoms with Crippen LogP contribution in [-0.2, 0) is 4.79 Å². The lowest BCUT2D eigenvalue weighted by molar-refractivity contribution is -0.121. The largest absolute Gasteiger partial charge is 0.492 e. The SMILES string of the molecule is N#Cc1ccccc1N1N=C2c3ccccc3OCC2C(c2cccnc2)C1=O. The molecule has 29 heavy (non-hydrogen) atoms. The van der Waals surface area contributed by atoms with Gasteiger partial charge < -0.3 is 4.74 Å². The van der Waals surface area contributed by atoms with E-state index in [4.69, 9.17) is 9.84 Å². The lowest BCUT2D eigenvalue weighted by atomic mass is 9.78. The minimum Gasteiger partial charge on any atom is -0.492 e. The van der Waals surface area contributed by atoms with Gasteiger partial charge in [0.15, 0.2) is 0 Å². The lowest BCUT2D eigenvalue weighted by Gasteiger charge is -2.38. The van der Waals surface area contributed by atoms with Gasteiger partial charge in [0.1, 0.15) is 11.8 Å². The molecule has 2 aliphatic rings. The summed E-state index contributed by atoms with van der Waals surface area (Å²) in [6, 6.07) is 20.6. The highest BCUT2D eigenvalue weighted by Gasteiger charge is 2.45. The first kappa shape index (κ1) is 17.1. The number of amides is 1. The molecular weight excluding hydrogens is 364 g/mol. The summed E-state index contributed by atoms with van der Waals surface area (Å²) in [4.78, 5) is 17.8. The number of anilines is 1. The molecule has 2 atom stereocenters. The number of nitrogens with zero attached hydrogens (tertiary/aromatic N) is 4. The van der Waals surface area contributed by atoms with Crippen LogP contribution in [0.25, 0.3) is 0 Å². The summed E-state index contributed by atoms with van der Waals surface area (Å²) in [5, 5.41) is 15.6. The average Bonchev–Trinajstić information content (AvgIpc) is 2.79. The van der Waals surface area contributed by atoms with Crippen molar-refractivity contribution in [2.75, 3.05) is 11.6 Å². The lowest BCUT2D eigenvalue weighted by Crippen LogP contribution is -2.47. The predicted molar refractivity (Wildman–Crippen MR) is 108 cm³/mol. The van der Waals surface area contributed by atoms with E-state index in [0.29, 0.717) is 17.9 Å². The minimum absolute atomic E-state index is 0.197. The quantitative estimate of drug-likeness (QED) is 0.682. The number of hydrogen-bond donors (Lipinski definition) is 0. The molecule has 1 amide bonds. The fraction of sp³-hybridized carbons (Fsp3) is 0.130. The summed E-state index contributed by atoms with van der Waals surface area (Å²) in [7, 11) is 0. The molecule has 0 saturated heterocycles. The normalized spacial score (nSPS) is 20.0. The number of para-hydroxylation sites is 2. The van der Waals surface area contributed by atoms with Crippen molar-refractivity contribution in [3.8, 4) is 11.8 Å². The van der Waals surface area contributed by atoms with Gasteiger partial charge in [0.2, 0.25) is 0 Å². The number of aromatic nitrogens is 1. The van der Waals surface area contributed by atoms with E-state index in [0.717, 1.165) is 22.6 Å². The van der Waals surface area contributed by atoms with Crippen LogP contribution >= 0.6 is 0 Å². The van der Waals surface area contributed by atoms with E-state index in [1.165, 1.54) is 5.01 Å². The molecular formula is C23H16N4O2. The maximum absolute atomic E-state index is 13.6. The average molecular weight is 380 g/mol. The molecule has 2 aliphatic heterocycles. The highest BCUT2D eigenvalue weighted by molar-refractivity contribution is 6.14. The van der Waals surface area contributed by atoms with Crippen molar-refractivity contribution < 1.29 is 9.53 Å². The Labute approximate surface area is 167 Å². The molecule has 3 aromatic rings. The topological polar surface area (TPSA) is 78.6 Å². The highest BCUT2D eigenvalue weighted by Crippen LogP contribution is 2.41. The van der Waals surface area contributed by atoms with E-state index in [2.05, 4.69) is 11.1 Å². The Bertz CT molecular complexity index is 1170. The Balaban J connectivity index is 1.73. The smallest absolute Gasteiger partial charge is 0.255 e. The second kappa shape index (κ2) is 6.88. The van der Waals surface area contributed by atoms with E-state index in [1.54, 1.807) is 36.7 Å². The van der Waals surface area contributed by atoms with E-state index in [-0.39, 0.29) is 11.8 Å². The fourth-order valence-electron chi connectivity index (χ4n) is 3.97. The Morgan fingerprint density at radius 2 is 1.90 bits per heavy atom. The van der Waals surface area contributed by atoms with Gasteiger partial charge in [-0.2, -0.15) is 15.4 Å². The van der Waals surface area contributed by atoms with Gasteiger partial charge in [-0.25, -0.2) is 0 Å². The van der Waals surface area contributed by atoms with Crippen molar-refractivity contribution in [3.63, 3.8) is 0 Å². The Hall–Kier alpha value is -3.98. The first-order valence-electron chi connectivity index (χ1n) is 9.31. The van der Waals surface area contributed by atoms with Gasteiger partial charge in [0.05, 0.1) is 35.4 Å². The molecule has 0 bridgehead atoms. The van der Waals surface area contributed by atoms with Crippen LogP contribution in [0.4, 0.5) is 5.69 Å². The van der Waals surface area contributed by atoms with E-state index >= 15 is 0 Å². The maximum Gasteiger partial charge on any atom is 0.255 e. The summed E-state index contributed by atoms with van der Waals surface area (Å²) < 4.78 is 5.95. The Kier molecular flexibility index (Phi) is 4.07. The molecule has 0 fully saturated rings. The van der Waals surface area contributed by atoms with Crippen molar-refractivity contribution in [2.45, 2.75) is 5.92 Å². The number of nitriles is 1. The molecule has 1 aromatic heterocycles. The van der Waals surface area contributed by atoms with Crippen molar-refractivity contribution in [1.82, 2.24) is 4.98 Å². The van der Waals surface area contributed by atoms with Gasteiger partial charge in [-0.1, -0.05) is 30.3 Å². The molecule has 0 aliphatic carbocycles. The van der Waals surface area contributed by atoms with Crippen LogP contribution in [0.2, 0.25) is 0 Å². The van der Waals surface area contributed by atoms with E-state index < -0.39 is 5.92 Å². The van der Waals surface area contributed by atoms with Crippen molar-refractivity contribution in [2.24, 2.45) is 11.0 Å². The molecule has 0 spiro atoms. The number of hydrogen-bond acceptors (Lipinski definition) is 5. The summed E-state index contributed by atoms with van der Waals surface area (Å²) in [6.45, 7) is 0.356. The maximum atomic E-state index is 13.6. The molecule has 3 heterocycles. The zero-order valence-corrected chi connectivity index (χ0v) is 15.4. The third-order valence-electron chi connectivity index (χ3n) is 5.31. The van der Waals surface area contributed by atoms with Gasteiger partial charge in [-0.3, -0.25) is 9.78 Å². The third kappa shape index (κ3) is 2.75. The molecule has 2 unspecified atom stereocenters. The number of fused-ring (bicyclic) bond motifs is 3. The van der Waals surface area contributed by atoms with E-state index in [1.807, 2.05) is 36.4 Å². The zero-order valence-electron chi connectivity index (χ0n) is 15.4. The van der Waals surface area contributed by atoms with Crippen LogP contribution in [0, 0.1) is 17.2 Å². The summed E-state index contributed by atoms with van der Waals surface area (Å²) >= 11 is 0. The number of carbonyl (C=O) groups excluding carboxylic acids is 1. The van der Waals surface area contributed by atoms with Crippen LogP contribution in [0.15, 0.2) is 78.2 Å². The molecule has 6 nitrogen and oxygen atoms in total. The van der Waals surface area contributed by atoms with Crippen molar-refractivity contribution in [3.05, 3.63) is 89.7 Å². The van der Waals surface area contributed by atoms with Gasteiger partial charge in [-0.15, -0.1) is 0 Å².